The molecule has 26 heavy (non-hydrogen) atoms. The zero-order chi connectivity index (χ0) is 20.0. The number of hydrogen-bond donors (Lipinski definition) is 0. The third kappa shape index (κ3) is 5.75. The van der Waals surface area contributed by atoms with Gasteiger partial charge < -0.3 is 14.2 Å². The Balaban J connectivity index is 3.09. The molecule has 146 valence electrons. The van der Waals surface area contributed by atoms with Crippen molar-refractivity contribution < 1.29 is 23.4 Å². The van der Waals surface area contributed by atoms with Crippen LogP contribution in [-0.4, -0.2) is 25.3 Å². The Morgan fingerprint density at radius 2 is 1.81 bits per heavy atom. The second kappa shape index (κ2) is 9.06. The van der Waals surface area contributed by atoms with Crippen LogP contribution in [0.15, 0.2) is 24.8 Å². The van der Waals surface area contributed by atoms with Crippen molar-refractivity contribution in [1.29, 1.82) is 0 Å². The molecule has 0 saturated carbocycles. The molecule has 5 heteroatoms. The Labute approximate surface area is 156 Å². The molecule has 0 saturated heterocycles. The van der Waals surface area contributed by atoms with E-state index in [9.17, 15) is 9.18 Å². The van der Waals surface area contributed by atoms with Crippen LogP contribution in [0.4, 0.5) is 4.39 Å². The van der Waals surface area contributed by atoms with Crippen LogP contribution in [-0.2, 0) is 4.74 Å². The highest BCUT2D eigenvalue weighted by atomic mass is 19.1. The first-order chi connectivity index (χ1) is 12.1. The molecule has 1 rings (SSSR count). The minimum atomic E-state index is -0.733. The van der Waals surface area contributed by atoms with Gasteiger partial charge in [-0.2, -0.15) is 0 Å². The zero-order valence-corrected chi connectivity index (χ0v) is 16.8. The molecular formula is C21H31FO4. The smallest absolute Gasteiger partial charge is 0.341 e. The molecule has 0 amide bonds. The second-order valence-corrected chi connectivity index (χ2v) is 7.47. The van der Waals surface area contributed by atoms with Gasteiger partial charge in [-0.1, -0.05) is 19.9 Å². The predicted octanol–water partition coefficient (Wildman–Crippen LogP) is 5.55. The number of rotatable bonds is 9. The highest BCUT2D eigenvalue weighted by molar-refractivity contribution is 5.90. The molecule has 0 heterocycles. The van der Waals surface area contributed by atoms with Gasteiger partial charge in [0.15, 0.2) is 11.5 Å². The highest BCUT2D eigenvalue weighted by Gasteiger charge is 2.27. The quantitative estimate of drug-likeness (QED) is 0.424. The molecule has 0 aromatic heterocycles. The lowest BCUT2D eigenvalue weighted by atomic mass is 9.80. The van der Waals surface area contributed by atoms with Crippen LogP contribution in [0.25, 0.3) is 0 Å². The third-order valence-electron chi connectivity index (χ3n) is 4.48. The summed E-state index contributed by atoms with van der Waals surface area (Å²) in [5, 5.41) is 0. The van der Waals surface area contributed by atoms with E-state index in [2.05, 4.69) is 20.4 Å². The molecule has 1 aromatic rings. The van der Waals surface area contributed by atoms with Crippen molar-refractivity contribution in [3.05, 3.63) is 36.2 Å². The van der Waals surface area contributed by atoms with Crippen molar-refractivity contribution in [3.63, 3.8) is 0 Å². The predicted molar refractivity (Wildman–Crippen MR) is 101 cm³/mol. The van der Waals surface area contributed by atoms with Crippen molar-refractivity contribution >= 4 is 5.97 Å². The van der Waals surface area contributed by atoms with Crippen molar-refractivity contribution in [2.24, 2.45) is 5.41 Å². The molecule has 0 aliphatic carbocycles. The van der Waals surface area contributed by atoms with E-state index in [1.807, 2.05) is 6.08 Å². The minimum absolute atomic E-state index is 0.0624. The minimum Gasteiger partial charge on any atom is -0.493 e. The van der Waals surface area contributed by atoms with Crippen LogP contribution in [0, 0.1) is 11.2 Å². The topological polar surface area (TPSA) is 44.8 Å². The van der Waals surface area contributed by atoms with Crippen LogP contribution < -0.4 is 9.47 Å². The molecule has 0 radical (unpaired) electrons. The molecule has 0 spiro atoms. The van der Waals surface area contributed by atoms with E-state index >= 15 is 0 Å². The third-order valence-corrected chi connectivity index (χ3v) is 4.48. The Hall–Kier alpha value is -2.04. The number of carbonyl (C=O) groups excluding carboxylic acids is 1. The number of hydrogen-bond acceptors (Lipinski definition) is 4. The van der Waals surface area contributed by atoms with E-state index in [4.69, 9.17) is 14.2 Å². The molecule has 1 aromatic carbocycles. The number of benzene rings is 1. The first-order valence-corrected chi connectivity index (χ1v) is 8.96. The van der Waals surface area contributed by atoms with Crippen LogP contribution >= 0.6 is 0 Å². The summed E-state index contributed by atoms with van der Waals surface area (Å²) in [7, 11) is 1.45. The second-order valence-electron chi connectivity index (χ2n) is 7.47. The van der Waals surface area contributed by atoms with Gasteiger partial charge in [-0.05, 0) is 40.0 Å². The molecule has 0 N–H and O–H groups in total. The lowest BCUT2D eigenvalue weighted by molar-refractivity contribution is 0.00641. The molecular weight excluding hydrogens is 335 g/mol. The fourth-order valence-electron chi connectivity index (χ4n) is 2.64. The summed E-state index contributed by atoms with van der Waals surface area (Å²) in [5.41, 5.74) is -0.946. The van der Waals surface area contributed by atoms with E-state index in [0.29, 0.717) is 12.4 Å². The summed E-state index contributed by atoms with van der Waals surface area (Å²) in [5.74, 6) is -0.861. The summed E-state index contributed by atoms with van der Waals surface area (Å²) >= 11 is 0. The molecule has 0 aliphatic rings. The molecule has 0 atom stereocenters. The van der Waals surface area contributed by atoms with Crippen molar-refractivity contribution in [1.82, 2.24) is 0 Å². The summed E-state index contributed by atoms with van der Waals surface area (Å²) in [4.78, 5) is 12.2. The fraction of sp³-hybridized carbons (Fsp3) is 0.571. The number of carbonyl (C=O) groups is 1. The van der Waals surface area contributed by atoms with Crippen molar-refractivity contribution in [2.75, 3.05) is 13.7 Å². The summed E-state index contributed by atoms with van der Waals surface area (Å²) in [6.07, 6.45) is 4.51. The van der Waals surface area contributed by atoms with Crippen LogP contribution in [0.1, 0.15) is 64.2 Å². The van der Waals surface area contributed by atoms with Crippen molar-refractivity contribution in [2.45, 2.75) is 59.5 Å². The Bertz CT molecular complexity index is 628. The molecule has 0 unspecified atom stereocenters. The van der Waals surface area contributed by atoms with Gasteiger partial charge in [0.25, 0.3) is 0 Å². The zero-order valence-electron chi connectivity index (χ0n) is 16.8. The number of esters is 1. The number of methoxy groups -OCH3 is 1. The van der Waals surface area contributed by atoms with E-state index in [-0.39, 0.29) is 16.7 Å². The molecule has 0 aliphatic heterocycles. The van der Waals surface area contributed by atoms with E-state index in [1.165, 1.54) is 19.2 Å². The Kier molecular flexibility index (Phi) is 7.67. The van der Waals surface area contributed by atoms with Crippen molar-refractivity contribution in [3.8, 4) is 11.5 Å². The number of ether oxygens (including phenoxy) is 3. The maximum atomic E-state index is 14.5. The van der Waals surface area contributed by atoms with Gasteiger partial charge in [-0.15, -0.1) is 6.58 Å². The monoisotopic (exact) mass is 366 g/mol. The molecule has 0 bridgehead atoms. The van der Waals surface area contributed by atoms with Gasteiger partial charge in [0.05, 0.1) is 19.3 Å². The van der Waals surface area contributed by atoms with Gasteiger partial charge in [-0.25, -0.2) is 9.18 Å². The van der Waals surface area contributed by atoms with E-state index in [0.717, 1.165) is 19.3 Å². The Morgan fingerprint density at radius 3 is 2.27 bits per heavy atom. The highest BCUT2D eigenvalue weighted by Crippen LogP contribution is 2.36. The maximum Gasteiger partial charge on any atom is 0.341 e. The molecule has 0 fully saturated rings. The summed E-state index contributed by atoms with van der Waals surface area (Å²) < 4.78 is 30.9. The first-order valence-electron chi connectivity index (χ1n) is 8.96. The van der Waals surface area contributed by atoms with Gasteiger partial charge in [0.1, 0.15) is 11.4 Å². The summed E-state index contributed by atoms with van der Waals surface area (Å²) in [6, 6.07) is 2.51. The van der Waals surface area contributed by atoms with Crippen LogP contribution in [0.3, 0.4) is 0 Å². The standard InChI is InChI=1S/C21H31FO4/c1-8-11-21(9-2,10-3)14-25-18-13-16(22)15(12-17(18)24-7)19(23)26-20(4,5)6/h8,12-13H,1,9-11,14H2,2-7H3. The van der Waals surface area contributed by atoms with Gasteiger partial charge in [0.2, 0.25) is 0 Å². The average molecular weight is 366 g/mol. The van der Waals surface area contributed by atoms with Gasteiger partial charge in [-0.3, -0.25) is 0 Å². The largest absolute Gasteiger partial charge is 0.493 e. The van der Waals surface area contributed by atoms with E-state index < -0.39 is 17.4 Å². The van der Waals surface area contributed by atoms with Gasteiger partial charge in [0, 0.05) is 17.5 Å². The lowest BCUT2D eigenvalue weighted by Gasteiger charge is -2.30. The number of halogens is 1. The van der Waals surface area contributed by atoms with Crippen LogP contribution in [0.5, 0.6) is 11.5 Å². The first kappa shape index (κ1) is 22.0. The SMILES string of the molecule is C=CCC(CC)(CC)COc1cc(F)c(C(=O)OC(C)(C)C)cc1OC. The van der Waals surface area contributed by atoms with Gasteiger partial charge >= 0.3 is 5.97 Å². The molecule has 4 nitrogen and oxygen atoms in total. The maximum absolute atomic E-state index is 14.5. The average Bonchev–Trinajstić information content (AvgIpc) is 2.57. The summed E-state index contributed by atoms with van der Waals surface area (Å²) in [6.45, 7) is 13.6. The van der Waals surface area contributed by atoms with Crippen LogP contribution in [0.2, 0.25) is 0 Å². The normalized spacial score (nSPS) is 11.8. The fourth-order valence-corrected chi connectivity index (χ4v) is 2.64. The lowest BCUT2D eigenvalue weighted by Crippen LogP contribution is -2.27. The number of allylic oxidation sites excluding steroid dienone is 1. The Morgan fingerprint density at radius 1 is 1.19 bits per heavy atom. The van der Waals surface area contributed by atoms with E-state index in [1.54, 1.807) is 20.8 Å².